The first-order valence-electron chi connectivity index (χ1n) is 11.7. The summed E-state index contributed by atoms with van der Waals surface area (Å²) in [5.74, 6) is -4.29. The number of fused-ring (bicyclic) bond motifs is 2. The van der Waals surface area contributed by atoms with E-state index in [1.54, 1.807) is 18.2 Å². The number of rotatable bonds is 6. The van der Waals surface area contributed by atoms with Gasteiger partial charge in [0.2, 0.25) is 5.91 Å². The molecule has 1 aliphatic heterocycles. The summed E-state index contributed by atoms with van der Waals surface area (Å²) in [4.78, 5) is 32.2. The Hall–Kier alpha value is -4.12. The van der Waals surface area contributed by atoms with Crippen LogP contribution in [0.2, 0.25) is 5.02 Å². The zero-order chi connectivity index (χ0) is 28.1. The van der Waals surface area contributed by atoms with Crippen LogP contribution in [0.15, 0.2) is 54.6 Å². The number of pyridine rings is 1. The average Bonchev–Trinajstić information content (AvgIpc) is 3.47. The number of hydrogen-bond donors (Lipinski definition) is 3. The molecule has 2 amide bonds. The number of halogens is 5. The predicted octanol–water partition coefficient (Wildman–Crippen LogP) is 5.23. The fourth-order valence-corrected chi connectivity index (χ4v) is 4.74. The lowest BCUT2D eigenvalue weighted by Gasteiger charge is -2.24. The molecule has 1 aliphatic rings. The second-order valence-electron chi connectivity index (χ2n) is 9.45. The molecular formula is C27H21ClF4N4O3. The number of aromatic nitrogens is 2. The van der Waals surface area contributed by atoms with E-state index in [-0.39, 0.29) is 34.9 Å². The highest BCUT2D eigenvalue weighted by atomic mass is 35.5. The largest absolute Gasteiger partial charge is 0.489 e. The second-order valence-corrected chi connectivity index (χ2v) is 9.86. The molecule has 2 aromatic heterocycles. The number of nitrogens with one attached hydrogen (secondary N) is 2. The highest BCUT2D eigenvalue weighted by Gasteiger charge is 2.47. The fourth-order valence-electron chi connectivity index (χ4n) is 4.51. The second kappa shape index (κ2) is 9.57. The summed E-state index contributed by atoms with van der Waals surface area (Å²) in [6.07, 6.45) is -4.83. The third kappa shape index (κ3) is 4.78. The van der Waals surface area contributed by atoms with Crippen LogP contribution in [0.4, 0.5) is 17.6 Å². The van der Waals surface area contributed by atoms with Gasteiger partial charge in [0.25, 0.3) is 5.91 Å². The van der Waals surface area contributed by atoms with E-state index in [4.69, 9.17) is 22.1 Å². The maximum Gasteiger partial charge on any atom is 0.398 e. The Morgan fingerprint density at radius 2 is 1.92 bits per heavy atom. The van der Waals surface area contributed by atoms with Crippen LogP contribution >= 0.6 is 11.6 Å². The molecule has 12 heteroatoms. The molecule has 0 saturated heterocycles. The molecule has 0 spiro atoms. The summed E-state index contributed by atoms with van der Waals surface area (Å²) in [6.45, 7) is 0.409. The van der Waals surface area contributed by atoms with E-state index in [0.717, 1.165) is 18.2 Å². The van der Waals surface area contributed by atoms with Gasteiger partial charge < -0.3 is 20.8 Å². The number of nitrogens with zero attached hydrogens (tertiary/aromatic N) is 1. The smallest absolute Gasteiger partial charge is 0.398 e. The van der Waals surface area contributed by atoms with Crippen molar-refractivity contribution in [2.45, 2.75) is 24.4 Å². The van der Waals surface area contributed by atoms with Crippen LogP contribution in [0.5, 0.6) is 5.75 Å². The first-order valence-corrected chi connectivity index (χ1v) is 12.1. The molecule has 0 bridgehead atoms. The van der Waals surface area contributed by atoms with E-state index in [2.05, 4.69) is 15.3 Å². The number of H-pyrrole nitrogens is 1. The van der Waals surface area contributed by atoms with Crippen molar-refractivity contribution in [1.82, 2.24) is 15.3 Å². The van der Waals surface area contributed by atoms with Crippen molar-refractivity contribution >= 4 is 34.3 Å². The molecule has 0 fully saturated rings. The number of carbonyl (C=O) groups excluding carboxylic acids is 2. The molecule has 0 radical (unpaired) electrons. The summed E-state index contributed by atoms with van der Waals surface area (Å²) in [5, 5.41) is 3.25. The molecule has 7 nitrogen and oxygen atoms in total. The number of alkyl halides is 3. The predicted molar refractivity (Wildman–Crippen MR) is 136 cm³/mol. The fraction of sp³-hybridized carbons (Fsp3) is 0.222. The molecule has 3 heterocycles. The highest BCUT2D eigenvalue weighted by molar-refractivity contribution is 6.35. The Balaban J connectivity index is 1.54. The molecule has 0 saturated carbocycles. The van der Waals surface area contributed by atoms with Crippen LogP contribution < -0.4 is 15.8 Å². The van der Waals surface area contributed by atoms with Crippen LogP contribution in [-0.4, -0.2) is 41.1 Å². The summed E-state index contributed by atoms with van der Waals surface area (Å²) in [5.41, 5.74) is 4.70. The summed E-state index contributed by atoms with van der Waals surface area (Å²) in [7, 11) is 0. The van der Waals surface area contributed by atoms with Gasteiger partial charge >= 0.3 is 6.18 Å². The van der Waals surface area contributed by atoms with Crippen molar-refractivity contribution < 1.29 is 31.9 Å². The molecule has 4 N–H and O–H groups in total. The van der Waals surface area contributed by atoms with Gasteiger partial charge in [-0.15, -0.1) is 0 Å². The Labute approximate surface area is 224 Å². The lowest BCUT2D eigenvalue weighted by Crippen LogP contribution is -2.40. The number of benzene rings is 2. The van der Waals surface area contributed by atoms with E-state index in [9.17, 15) is 27.2 Å². The van der Waals surface area contributed by atoms with E-state index >= 15 is 0 Å². The van der Waals surface area contributed by atoms with Crippen molar-refractivity contribution in [3.63, 3.8) is 0 Å². The SMILES string of the molecule is C[C@]1(C(N)=O)COc2c1cc(C(CNC(=O)c1cc3c(Cl)cccc3[nH]1)C(F)(F)F)nc2-c1ccc(F)cc1. The van der Waals surface area contributed by atoms with Gasteiger partial charge in [-0.25, -0.2) is 9.37 Å². The van der Waals surface area contributed by atoms with Gasteiger partial charge in [0.1, 0.15) is 40.9 Å². The van der Waals surface area contributed by atoms with Gasteiger partial charge in [-0.2, -0.15) is 13.2 Å². The normalized spacial score (nSPS) is 17.5. The van der Waals surface area contributed by atoms with Crippen molar-refractivity contribution in [3.8, 4) is 17.0 Å². The number of primary amides is 1. The van der Waals surface area contributed by atoms with Crippen LogP contribution in [0.3, 0.4) is 0 Å². The Morgan fingerprint density at radius 3 is 2.56 bits per heavy atom. The van der Waals surface area contributed by atoms with Crippen LogP contribution in [0.1, 0.15) is 34.6 Å². The monoisotopic (exact) mass is 560 g/mol. The maximum atomic E-state index is 14.4. The average molecular weight is 561 g/mol. The van der Waals surface area contributed by atoms with Crippen LogP contribution in [0.25, 0.3) is 22.2 Å². The van der Waals surface area contributed by atoms with Gasteiger partial charge in [-0.05, 0) is 55.5 Å². The minimum atomic E-state index is -4.83. The summed E-state index contributed by atoms with van der Waals surface area (Å²) in [6, 6.07) is 12.5. The van der Waals surface area contributed by atoms with E-state index in [1.807, 2.05) is 0 Å². The number of ether oxygens (including phenoxy) is 1. The Bertz CT molecular complexity index is 1600. The topological polar surface area (TPSA) is 110 Å². The number of hydrogen-bond acceptors (Lipinski definition) is 4. The molecule has 2 aromatic carbocycles. The van der Waals surface area contributed by atoms with Crippen LogP contribution in [-0.2, 0) is 10.2 Å². The molecular weight excluding hydrogens is 540 g/mol. The van der Waals surface area contributed by atoms with Gasteiger partial charge in [-0.3, -0.25) is 9.59 Å². The van der Waals surface area contributed by atoms with Gasteiger partial charge in [0, 0.05) is 33.6 Å². The molecule has 1 unspecified atom stereocenters. The van der Waals surface area contributed by atoms with E-state index in [0.29, 0.717) is 15.9 Å². The number of aromatic amines is 1. The number of amides is 2. The minimum Gasteiger partial charge on any atom is -0.489 e. The number of nitrogens with two attached hydrogens (primary N) is 1. The Morgan fingerprint density at radius 1 is 1.21 bits per heavy atom. The quantitative estimate of drug-likeness (QED) is 0.280. The molecule has 4 aromatic rings. The standard InChI is InChI=1S/C27H21ClF4N4O3/c1-26(25(33)38)12-39-23-16(26)10-20(36-22(23)13-5-7-14(29)8-6-13)17(27(30,31)32)11-34-24(37)21-9-15-18(28)3-2-4-19(15)35-21/h2-10,17,35H,11-12H2,1H3,(H2,33,38)(H,34,37)/t17?,26-/m0/s1. The molecule has 39 heavy (non-hydrogen) atoms. The zero-order valence-corrected chi connectivity index (χ0v) is 21.1. The van der Waals surface area contributed by atoms with Gasteiger partial charge in [0.05, 0.1) is 5.69 Å². The van der Waals surface area contributed by atoms with Gasteiger partial charge in [0.15, 0.2) is 0 Å². The lowest BCUT2D eigenvalue weighted by molar-refractivity contribution is -0.149. The maximum absolute atomic E-state index is 14.4. The van der Waals surface area contributed by atoms with Crippen molar-refractivity contribution in [2.75, 3.05) is 13.2 Å². The van der Waals surface area contributed by atoms with Crippen molar-refractivity contribution in [1.29, 1.82) is 0 Å². The zero-order valence-electron chi connectivity index (χ0n) is 20.3. The highest BCUT2D eigenvalue weighted by Crippen LogP contribution is 2.46. The van der Waals surface area contributed by atoms with E-state index in [1.165, 1.54) is 25.1 Å². The Kier molecular flexibility index (Phi) is 6.50. The third-order valence-electron chi connectivity index (χ3n) is 6.83. The van der Waals surface area contributed by atoms with E-state index < -0.39 is 47.4 Å². The number of carbonyl (C=O) groups is 2. The molecule has 5 rings (SSSR count). The molecule has 202 valence electrons. The molecule has 2 atom stereocenters. The first kappa shape index (κ1) is 26.5. The van der Waals surface area contributed by atoms with Crippen molar-refractivity contribution in [2.24, 2.45) is 5.73 Å². The van der Waals surface area contributed by atoms with Gasteiger partial charge in [-0.1, -0.05) is 17.7 Å². The van der Waals surface area contributed by atoms with Crippen molar-refractivity contribution in [3.05, 3.63) is 82.4 Å². The lowest BCUT2D eigenvalue weighted by atomic mass is 9.82. The van der Waals surface area contributed by atoms with Crippen LogP contribution in [0, 0.1) is 5.82 Å². The third-order valence-corrected chi connectivity index (χ3v) is 7.16. The minimum absolute atomic E-state index is 0.00156. The first-order chi connectivity index (χ1) is 18.4. The molecule has 0 aliphatic carbocycles. The summed E-state index contributed by atoms with van der Waals surface area (Å²) < 4.78 is 62.4. The summed E-state index contributed by atoms with van der Waals surface area (Å²) >= 11 is 6.14.